The summed E-state index contributed by atoms with van der Waals surface area (Å²) >= 11 is 6.11. The number of fused-ring (bicyclic) bond motifs is 1. The van der Waals surface area contributed by atoms with E-state index in [0.29, 0.717) is 24.3 Å². The van der Waals surface area contributed by atoms with Crippen molar-refractivity contribution in [3.63, 3.8) is 0 Å². The molecule has 2 heterocycles. The van der Waals surface area contributed by atoms with Crippen LogP contribution in [-0.4, -0.2) is 16.3 Å². The van der Waals surface area contributed by atoms with Gasteiger partial charge in [0.15, 0.2) is 0 Å². The highest BCUT2D eigenvalue weighted by Gasteiger charge is 2.32. The van der Waals surface area contributed by atoms with Crippen LogP contribution in [0.1, 0.15) is 11.1 Å². The lowest BCUT2D eigenvalue weighted by molar-refractivity contribution is -0.137. The van der Waals surface area contributed by atoms with Gasteiger partial charge in [-0.1, -0.05) is 11.6 Å². The molecule has 0 radical (unpaired) electrons. The highest BCUT2D eigenvalue weighted by Crippen LogP contribution is 2.39. The number of aromatic nitrogens is 2. The molecule has 0 saturated heterocycles. The van der Waals surface area contributed by atoms with E-state index in [1.807, 2.05) is 0 Å². The molecular formula is C18H11ClF5N3. The minimum Gasteiger partial charge on any atom is -0.369 e. The van der Waals surface area contributed by atoms with Crippen LogP contribution in [0, 0.1) is 11.6 Å². The van der Waals surface area contributed by atoms with Crippen LogP contribution in [0.15, 0.2) is 36.4 Å². The van der Waals surface area contributed by atoms with E-state index >= 15 is 0 Å². The zero-order chi connectivity index (χ0) is 19.3. The lowest BCUT2D eigenvalue weighted by Crippen LogP contribution is -2.09. The first-order valence-electron chi connectivity index (χ1n) is 7.94. The Kier molecular flexibility index (Phi) is 4.10. The molecule has 27 heavy (non-hydrogen) atoms. The number of nitrogens with one attached hydrogen (secondary N) is 1. The molecule has 0 atom stereocenters. The first-order valence-corrected chi connectivity index (χ1v) is 8.32. The summed E-state index contributed by atoms with van der Waals surface area (Å²) in [6, 6.07) is 6.00. The number of anilines is 1. The van der Waals surface area contributed by atoms with Gasteiger partial charge in [-0.25, -0.2) is 13.5 Å². The van der Waals surface area contributed by atoms with Gasteiger partial charge in [-0.05, 0) is 36.8 Å². The van der Waals surface area contributed by atoms with Crippen molar-refractivity contribution in [1.29, 1.82) is 0 Å². The van der Waals surface area contributed by atoms with Gasteiger partial charge in [-0.3, -0.25) is 0 Å². The average molecular weight is 400 g/mol. The summed E-state index contributed by atoms with van der Waals surface area (Å²) in [6.45, 7) is 0.513. The second-order valence-electron chi connectivity index (χ2n) is 6.05. The average Bonchev–Trinajstić information content (AvgIpc) is 3.17. The summed E-state index contributed by atoms with van der Waals surface area (Å²) in [7, 11) is 0. The number of hydrogen-bond acceptors (Lipinski definition) is 2. The van der Waals surface area contributed by atoms with Crippen LogP contribution in [0.5, 0.6) is 0 Å². The highest BCUT2D eigenvalue weighted by atomic mass is 35.5. The molecule has 0 saturated carbocycles. The number of benzene rings is 2. The highest BCUT2D eigenvalue weighted by molar-refractivity contribution is 6.32. The predicted molar refractivity (Wildman–Crippen MR) is 91.1 cm³/mol. The molecule has 1 aliphatic rings. The number of nitrogens with zero attached hydrogens (tertiary/aromatic N) is 2. The number of halogens is 6. The normalized spacial score (nSPS) is 13.6. The van der Waals surface area contributed by atoms with Gasteiger partial charge >= 0.3 is 6.18 Å². The summed E-state index contributed by atoms with van der Waals surface area (Å²) in [5, 5.41) is 7.39. The summed E-state index contributed by atoms with van der Waals surface area (Å²) in [4.78, 5) is 0. The Bertz CT molecular complexity index is 1040. The molecule has 0 bridgehead atoms. The SMILES string of the molecule is Fc1ccc(-c2nn(-c3cc(C(F)(F)F)ccc3Cl)c3c2CCN3)c(F)c1. The molecule has 140 valence electrons. The summed E-state index contributed by atoms with van der Waals surface area (Å²) in [6.07, 6.45) is -4.05. The Balaban J connectivity index is 1.92. The van der Waals surface area contributed by atoms with Crippen molar-refractivity contribution in [1.82, 2.24) is 9.78 Å². The molecule has 0 fully saturated rings. The standard InChI is InChI=1S/C18H11ClF5N3/c19-13-4-1-9(18(22,23)24)7-15(13)27-17-12(5-6-25-17)16(26-27)11-3-2-10(20)8-14(11)21/h1-4,7-8,25H,5-6H2. The van der Waals surface area contributed by atoms with Crippen LogP contribution in [0.4, 0.5) is 27.8 Å². The van der Waals surface area contributed by atoms with Gasteiger partial charge in [0, 0.05) is 23.7 Å². The van der Waals surface area contributed by atoms with Crippen LogP contribution in [0.2, 0.25) is 5.02 Å². The van der Waals surface area contributed by atoms with Crippen LogP contribution in [-0.2, 0) is 12.6 Å². The molecule has 3 nitrogen and oxygen atoms in total. The maximum atomic E-state index is 14.2. The van der Waals surface area contributed by atoms with Gasteiger partial charge < -0.3 is 5.32 Å². The lowest BCUT2D eigenvalue weighted by Gasteiger charge is -2.12. The Morgan fingerprint density at radius 2 is 1.85 bits per heavy atom. The van der Waals surface area contributed by atoms with Crippen molar-refractivity contribution in [3.05, 3.63) is 64.2 Å². The van der Waals surface area contributed by atoms with Crippen molar-refractivity contribution in [2.75, 3.05) is 11.9 Å². The molecule has 1 aromatic heterocycles. The summed E-state index contributed by atoms with van der Waals surface area (Å²) < 4.78 is 67.9. The monoisotopic (exact) mass is 399 g/mol. The Hall–Kier alpha value is -2.61. The molecule has 1 aliphatic heterocycles. The summed E-state index contributed by atoms with van der Waals surface area (Å²) in [5.41, 5.74) is 0.0812. The van der Waals surface area contributed by atoms with Gasteiger partial charge in [0.1, 0.15) is 23.1 Å². The molecule has 0 unspecified atom stereocenters. The van der Waals surface area contributed by atoms with Gasteiger partial charge in [0.05, 0.1) is 16.3 Å². The zero-order valence-corrected chi connectivity index (χ0v) is 14.3. The number of alkyl halides is 3. The predicted octanol–water partition coefficient (Wildman–Crippen LogP) is 5.46. The van der Waals surface area contributed by atoms with Gasteiger partial charge in [0.25, 0.3) is 0 Å². The largest absolute Gasteiger partial charge is 0.416 e. The molecule has 2 aromatic carbocycles. The van der Waals surface area contributed by atoms with E-state index < -0.39 is 23.4 Å². The fourth-order valence-corrected chi connectivity index (χ4v) is 3.30. The third-order valence-corrected chi connectivity index (χ3v) is 4.66. The van der Waals surface area contributed by atoms with Crippen molar-refractivity contribution in [3.8, 4) is 16.9 Å². The van der Waals surface area contributed by atoms with Crippen molar-refractivity contribution >= 4 is 17.4 Å². The van der Waals surface area contributed by atoms with E-state index in [9.17, 15) is 22.0 Å². The Labute approximate surface area is 155 Å². The van der Waals surface area contributed by atoms with Gasteiger partial charge in [-0.2, -0.15) is 18.3 Å². The first kappa shape index (κ1) is 17.8. The zero-order valence-electron chi connectivity index (χ0n) is 13.5. The maximum Gasteiger partial charge on any atom is 0.416 e. The molecule has 0 amide bonds. The molecule has 4 rings (SSSR count). The fourth-order valence-electron chi connectivity index (χ4n) is 3.10. The van der Waals surface area contributed by atoms with Crippen LogP contribution >= 0.6 is 11.6 Å². The van der Waals surface area contributed by atoms with Crippen molar-refractivity contribution < 1.29 is 22.0 Å². The maximum absolute atomic E-state index is 14.2. The number of hydrogen-bond donors (Lipinski definition) is 1. The van der Waals surface area contributed by atoms with E-state index in [0.717, 1.165) is 30.3 Å². The van der Waals surface area contributed by atoms with E-state index in [1.165, 1.54) is 10.7 Å². The van der Waals surface area contributed by atoms with Crippen LogP contribution in [0.25, 0.3) is 16.9 Å². The van der Waals surface area contributed by atoms with E-state index in [4.69, 9.17) is 11.6 Å². The molecule has 9 heteroatoms. The second kappa shape index (κ2) is 6.23. The molecule has 3 aromatic rings. The Morgan fingerprint density at radius 1 is 1.07 bits per heavy atom. The minimum atomic E-state index is -4.55. The number of rotatable bonds is 2. The molecular weight excluding hydrogens is 389 g/mol. The van der Waals surface area contributed by atoms with Crippen LogP contribution < -0.4 is 5.32 Å². The van der Waals surface area contributed by atoms with E-state index in [2.05, 4.69) is 10.4 Å². The lowest BCUT2D eigenvalue weighted by atomic mass is 10.1. The third kappa shape index (κ3) is 3.03. The Morgan fingerprint density at radius 3 is 2.56 bits per heavy atom. The fraction of sp³-hybridized carbons (Fsp3) is 0.167. The smallest absolute Gasteiger partial charge is 0.369 e. The van der Waals surface area contributed by atoms with Gasteiger partial charge in [0.2, 0.25) is 0 Å². The summed E-state index contributed by atoms with van der Waals surface area (Å²) in [5.74, 6) is -1.09. The van der Waals surface area contributed by atoms with Gasteiger partial charge in [-0.15, -0.1) is 0 Å². The van der Waals surface area contributed by atoms with Crippen molar-refractivity contribution in [2.24, 2.45) is 0 Å². The topological polar surface area (TPSA) is 29.9 Å². The van der Waals surface area contributed by atoms with E-state index in [-0.39, 0.29) is 22.0 Å². The minimum absolute atomic E-state index is 0.0194. The first-order chi connectivity index (χ1) is 12.8. The van der Waals surface area contributed by atoms with E-state index in [1.54, 1.807) is 0 Å². The van der Waals surface area contributed by atoms with Crippen LogP contribution in [0.3, 0.4) is 0 Å². The molecule has 1 N–H and O–H groups in total. The quantitative estimate of drug-likeness (QED) is 0.580. The third-order valence-electron chi connectivity index (χ3n) is 4.34. The molecule has 0 spiro atoms. The van der Waals surface area contributed by atoms with Crippen molar-refractivity contribution in [2.45, 2.75) is 12.6 Å². The second-order valence-corrected chi connectivity index (χ2v) is 6.46. The molecule has 0 aliphatic carbocycles.